The molecule has 0 bridgehead atoms. The van der Waals surface area contributed by atoms with Gasteiger partial charge in [0.1, 0.15) is 4.90 Å². The Morgan fingerprint density at radius 1 is 1.35 bits per heavy atom. The van der Waals surface area contributed by atoms with Crippen LogP contribution in [0.5, 0.6) is 5.88 Å². The van der Waals surface area contributed by atoms with Crippen LogP contribution in [0.15, 0.2) is 23.2 Å². The summed E-state index contributed by atoms with van der Waals surface area (Å²) in [4.78, 5) is 4.03. The Labute approximate surface area is 119 Å². The number of nitrogens with one attached hydrogen (secondary N) is 1. The first kappa shape index (κ1) is 15.2. The van der Waals surface area contributed by atoms with Crippen molar-refractivity contribution in [1.82, 2.24) is 9.71 Å². The number of nitrogens with two attached hydrogens (primary N) is 1. The van der Waals surface area contributed by atoms with E-state index in [4.69, 9.17) is 10.5 Å². The van der Waals surface area contributed by atoms with Crippen LogP contribution in [0.3, 0.4) is 0 Å². The van der Waals surface area contributed by atoms with E-state index in [1.165, 1.54) is 31.9 Å². The molecule has 1 aromatic rings. The zero-order valence-corrected chi connectivity index (χ0v) is 12.4. The number of rotatable bonds is 5. The molecule has 1 saturated carbocycles. The van der Waals surface area contributed by atoms with E-state index >= 15 is 0 Å². The van der Waals surface area contributed by atoms with Gasteiger partial charge in [0.25, 0.3) is 0 Å². The molecule has 0 spiro atoms. The second kappa shape index (κ2) is 6.07. The Morgan fingerprint density at radius 3 is 2.60 bits per heavy atom. The molecule has 0 aromatic carbocycles. The van der Waals surface area contributed by atoms with Gasteiger partial charge < -0.3 is 10.5 Å². The molecule has 0 amide bonds. The number of hydrogen-bond donors (Lipinski definition) is 2. The highest BCUT2D eigenvalue weighted by Crippen LogP contribution is 2.25. The molecule has 1 aromatic heterocycles. The SMILES string of the molecule is COc1ccc(S(=O)(=O)NCC2(N)CCCCC2)cn1. The maximum atomic E-state index is 12.2. The summed E-state index contributed by atoms with van der Waals surface area (Å²) in [6.45, 7) is 0.265. The van der Waals surface area contributed by atoms with Crippen molar-refractivity contribution in [3.05, 3.63) is 18.3 Å². The van der Waals surface area contributed by atoms with Crippen molar-refractivity contribution >= 4 is 10.0 Å². The summed E-state index contributed by atoms with van der Waals surface area (Å²) in [5.74, 6) is 0.381. The number of methoxy groups -OCH3 is 1. The van der Waals surface area contributed by atoms with Gasteiger partial charge in [0.2, 0.25) is 15.9 Å². The third-order valence-electron chi connectivity index (χ3n) is 3.69. The van der Waals surface area contributed by atoms with Gasteiger partial charge in [-0.2, -0.15) is 0 Å². The summed E-state index contributed by atoms with van der Waals surface area (Å²) in [5, 5.41) is 0. The second-order valence-corrected chi connectivity index (χ2v) is 7.05. The van der Waals surface area contributed by atoms with Crippen molar-refractivity contribution < 1.29 is 13.2 Å². The summed E-state index contributed by atoms with van der Waals surface area (Å²) < 4.78 is 31.8. The van der Waals surface area contributed by atoms with E-state index in [1.54, 1.807) is 0 Å². The van der Waals surface area contributed by atoms with Gasteiger partial charge in [0.15, 0.2) is 0 Å². The Morgan fingerprint density at radius 2 is 2.05 bits per heavy atom. The van der Waals surface area contributed by atoms with E-state index < -0.39 is 15.6 Å². The lowest BCUT2D eigenvalue weighted by Crippen LogP contribution is -2.51. The van der Waals surface area contributed by atoms with E-state index in [2.05, 4.69) is 9.71 Å². The molecule has 1 heterocycles. The smallest absolute Gasteiger partial charge is 0.242 e. The highest BCUT2D eigenvalue weighted by Gasteiger charge is 2.29. The average molecular weight is 299 g/mol. The number of hydrogen-bond acceptors (Lipinski definition) is 5. The summed E-state index contributed by atoms with van der Waals surface area (Å²) in [6, 6.07) is 2.99. The zero-order valence-electron chi connectivity index (χ0n) is 11.6. The first-order valence-electron chi connectivity index (χ1n) is 6.74. The molecule has 1 fully saturated rings. The van der Waals surface area contributed by atoms with Gasteiger partial charge in [-0.15, -0.1) is 0 Å². The number of aromatic nitrogens is 1. The normalized spacial score (nSPS) is 18.7. The quantitative estimate of drug-likeness (QED) is 0.847. The fourth-order valence-electron chi connectivity index (χ4n) is 2.40. The van der Waals surface area contributed by atoms with Crippen LogP contribution < -0.4 is 15.2 Å². The van der Waals surface area contributed by atoms with E-state index in [1.807, 2.05) is 0 Å². The predicted octanol–water partition coefficient (Wildman–Crippen LogP) is 1.03. The lowest BCUT2D eigenvalue weighted by molar-refractivity contribution is 0.296. The highest BCUT2D eigenvalue weighted by atomic mass is 32.2. The van der Waals surface area contributed by atoms with Crippen molar-refractivity contribution in [1.29, 1.82) is 0 Å². The van der Waals surface area contributed by atoms with Crippen molar-refractivity contribution in [2.75, 3.05) is 13.7 Å². The number of ether oxygens (including phenoxy) is 1. The van der Waals surface area contributed by atoms with Crippen molar-refractivity contribution in [2.24, 2.45) is 5.73 Å². The van der Waals surface area contributed by atoms with Crippen LogP contribution in [0, 0.1) is 0 Å². The molecule has 0 saturated heterocycles. The van der Waals surface area contributed by atoms with Gasteiger partial charge in [-0.1, -0.05) is 19.3 Å². The average Bonchev–Trinajstić information content (AvgIpc) is 2.46. The molecule has 3 N–H and O–H groups in total. The summed E-state index contributed by atoms with van der Waals surface area (Å²) in [5.41, 5.74) is 5.80. The maximum Gasteiger partial charge on any atom is 0.242 e. The van der Waals surface area contributed by atoms with Crippen LogP contribution in [0.4, 0.5) is 0 Å². The molecule has 20 heavy (non-hydrogen) atoms. The molecular weight excluding hydrogens is 278 g/mol. The van der Waals surface area contributed by atoms with E-state index in [-0.39, 0.29) is 11.4 Å². The molecule has 6 nitrogen and oxygen atoms in total. The van der Waals surface area contributed by atoms with E-state index in [0.29, 0.717) is 5.88 Å². The topological polar surface area (TPSA) is 94.3 Å². The Kier molecular flexibility index (Phi) is 4.62. The molecule has 0 radical (unpaired) electrons. The number of nitrogens with zero attached hydrogens (tertiary/aromatic N) is 1. The van der Waals surface area contributed by atoms with Crippen molar-refractivity contribution in [2.45, 2.75) is 42.5 Å². The first-order chi connectivity index (χ1) is 9.45. The fourth-order valence-corrected chi connectivity index (χ4v) is 3.48. The molecular formula is C13H21N3O3S. The molecule has 0 unspecified atom stereocenters. The Bertz CT molecular complexity index is 536. The van der Waals surface area contributed by atoms with Crippen LogP contribution >= 0.6 is 0 Å². The molecule has 1 aliphatic carbocycles. The van der Waals surface area contributed by atoms with E-state index in [9.17, 15) is 8.42 Å². The summed E-state index contributed by atoms with van der Waals surface area (Å²) >= 11 is 0. The van der Waals surface area contributed by atoms with Crippen molar-refractivity contribution in [3.8, 4) is 5.88 Å². The first-order valence-corrected chi connectivity index (χ1v) is 8.22. The van der Waals surface area contributed by atoms with Crippen LogP contribution in [0.2, 0.25) is 0 Å². The lowest BCUT2D eigenvalue weighted by Gasteiger charge is -2.33. The Hall–Kier alpha value is -1.18. The third kappa shape index (κ3) is 3.68. The maximum absolute atomic E-state index is 12.2. The largest absolute Gasteiger partial charge is 0.481 e. The monoisotopic (exact) mass is 299 g/mol. The molecule has 7 heteroatoms. The van der Waals surface area contributed by atoms with Gasteiger partial charge in [0.05, 0.1) is 13.3 Å². The predicted molar refractivity (Wildman–Crippen MR) is 76.0 cm³/mol. The fraction of sp³-hybridized carbons (Fsp3) is 0.615. The molecule has 1 aliphatic rings. The molecule has 112 valence electrons. The van der Waals surface area contributed by atoms with E-state index in [0.717, 1.165) is 25.7 Å². The lowest BCUT2D eigenvalue weighted by atomic mass is 9.83. The minimum Gasteiger partial charge on any atom is -0.481 e. The van der Waals surface area contributed by atoms with Gasteiger partial charge in [0, 0.05) is 18.2 Å². The molecule has 0 atom stereocenters. The molecule has 2 rings (SSSR count). The minimum atomic E-state index is -3.57. The van der Waals surface area contributed by atoms with Gasteiger partial charge >= 0.3 is 0 Å². The van der Waals surface area contributed by atoms with Gasteiger partial charge in [-0.05, 0) is 18.9 Å². The standard InChI is InChI=1S/C13H21N3O3S/c1-19-12-6-5-11(9-15-12)20(17,18)16-10-13(14)7-3-2-4-8-13/h5-6,9,16H,2-4,7-8,10,14H2,1H3. The summed E-state index contributed by atoms with van der Waals surface area (Å²) in [6.07, 6.45) is 6.29. The van der Waals surface area contributed by atoms with Gasteiger partial charge in [-0.3, -0.25) is 0 Å². The minimum absolute atomic E-state index is 0.123. The van der Waals surface area contributed by atoms with Gasteiger partial charge in [-0.25, -0.2) is 18.1 Å². The Balaban J connectivity index is 2.02. The van der Waals surface area contributed by atoms with Crippen LogP contribution in [0.25, 0.3) is 0 Å². The zero-order chi connectivity index (χ0) is 14.6. The highest BCUT2D eigenvalue weighted by molar-refractivity contribution is 7.89. The summed E-state index contributed by atoms with van der Waals surface area (Å²) in [7, 11) is -2.09. The second-order valence-electron chi connectivity index (χ2n) is 5.28. The van der Waals surface area contributed by atoms with Crippen LogP contribution in [-0.2, 0) is 10.0 Å². The van der Waals surface area contributed by atoms with Crippen molar-refractivity contribution in [3.63, 3.8) is 0 Å². The number of pyridine rings is 1. The van der Waals surface area contributed by atoms with Crippen LogP contribution in [-0.4, -0.2) is 32.6 Å². The molecule has 0 aliphatic heterocycles. The van der Waals surface area contributed by atoms with Crippen LogP contribution in [0.1, 0.15) is 32.1 Å². The third-order valence-corrected chi connectivity index (χ3v) is 5.08. The number of sulfonamides is 1.